The highest BCUT2D eigenvalue weighted by molar-refractivity contribution is 8.18. The summed E-state index contributed by atoms with van der Waals surface area (Å²) in [4.78, 5) is 17.8. The number of aromatic nitrogens is 1. The topological polar surface area (TPSA) is 46.4 Å². The van der Waals surface area contributed by atoms with Gasteiger partial charge in [-0.25, -0.2) is 4.99 Å². The van der Waals surface area contributed by atoms with E-state index >= 15 is 0 Å². The summed E-state index contributed by atoms with van der Waals surface area (Å²) in [6.45, 7) is 4.13. The van der Waals surface area contributed by atoms with Crippen molar-refractivity contribution < 1.29 is 4.79 Å². The number of carbonyl (C=O) groups is 1. The number of nitrogens with zero attached hydrogens (tertiary/aromatic N) is 2. The van der Waals surface area contributed by atoms with E-state index in [4.69, 9.17) is 0 Å². The van der Waals surface area contributed by atoms with Gasteiger partial charge in [-0.05, 0) is 90.0 Å². The van der Waals surface area contributed by atoms with E-state index in [-0.39, 0.29) is 5.91 Å². The first kappa shape index (κ1) is 19.4. The number of hydrogen-bond acceptors (Lipinski definition) is 3. The molecule has 0 saturated carbocycles. The lowest BCUT2D eigenvalue weighted by Crippen LogP contribution is -2.19. The van der Waals surface area contributed by atoms with Crippen molar-refractivity contribution in [1.29, 1.82) is 0 Å². The van der Waals surface area contributed by atoms with Crippen LogP contribution in [0.2, 0.25) is 0 Å². The molecule has 1 N–H and O–H groups in total. The highest BCUT2D eigenvalue weighted by Gasteiger charge is 2.24. The molecule has 1 amide bonds. The van der Waals surface area contributed by atoms with Crippen molar-refractivity contribution in [3.05, 3.63) is 101 Å². The van der Waals surface area contributed by atoms with Crippen LogP contribution in [0.15, 0.2) is 88.9 Å². The lowest BCUT2D eigenvalue weighted by molar-refractivity contribution is -0.115. The molecule has 0 atom stereocenters. The fraction of sp³-hybridized carbons (Fsp3) is 0.0769. The van der Waals surface area contributed by atoms with Gasteiger partial charge in [-0.1, -0.05) is 36.4 Å². The summed E-state index contributed by atoms with van der Waals surface area (Å²) in [7, 11) is 0. The van der Waals surface area contributed by atoms with Gasteiger partial charge in [-0.2, -0.15) is 0 Å². The Morgan fingerprint density at radius 1 is 0.903 bits per heavy atom. The van der Waals surface area contributed by atoms with Gasteiger partial charge in [0.15, 0.2) is 5.17 Å². The van der Waals surface area contributed by atoms with Crippen LogP contribution in [0.5, 0.6) is 0 Å². The molecular formula is C26H21N3OS. The molecule has 4 aromatic rings. The number of benzene rings is 3. The molecule has 2 heterocycles. The fourth-order valence-electron chi connectivity index (χ4n) is 3.60. The van der Waals surface area contributed by atoms with Crippen LogP contribution in [0, 0.1) is 13.8 Å². The molecule has 31 heavy (non-hydrogen) atoms. The molecule has 5 rings (SSSR count). The number of aliphatic imine (C=N–C) groups is 1. The van der Waals surface area contributed by atoms with E-state index in [0.29, 0.717) is 10.1 Å². The van der Waals surface area contributed by atoms with Crippen LogP contribution in [-0.4, -0.2) is 15.6 Å². The maximum atomic E-state index is 12.6. The number of hydrogen-bond donors (Lipinski definition) is 1. The number of amides is 1. The van der Waals surface area contributed by atoms with Gasteiger partial charge in [0.2, 0.25) is 0 Å². The van der Waals surface area contributed by atoms with Gasteiger partial charge >= 0.3 is 0 Å². The molecule has 1 aromatic heterocycles. The van der Waals surface area contributed by atoms with Crippen LogP contribution >= 0.6 is 11.8 Å². The molecule has 4 nitrogen and oxygen atoms in total. The zero-order valence-electron chi connectivity index (χ0n) is 17.3. The molecular weight excluding hydrogens is 402 g/mol. The van der Waals surface area contributed by atoms with E-state index < -0.39 is 0 Å². The predicted molar refractivity (Wildman–Crippen MR) is 130 cm³/mol. The molecule has 0 bridgehead atoms. The van der Waals surface area contributed by atoms with Crippen LogP contribution in [0.3, 0.4) is 0 Å². The zero-order chi connectivity index (χ0) is 21.4. The number of fused-ring (bicyclic) bond motifs is 1. The van der Waals surface area contributed by atoms with Crippen molar-refractivity contribution in [2.75, 3.05) is 0 Å². The Morgan fingerprint density at radius 3 is 2.58 bits per heavy atom. The maximum absolute atomic E-state index is 12.6. The Kier molecular flexibility index (Phi) is 4.96. The molecule has 0 radical (unpaired) electrons. The van der Waals surface area contributed by atoms with Gasteiger partial charge in [0.05, 0.1) is 10.6 Å². The summed E-state index contributed by atoms with van der Waals surface area (Å²) in [5.74, 6) is -0.126. The average molecular weight is 424 g/mol. The molecule has 152 valence electrons. The Balaban J connectivity index is 1.45. The Bertz CT molecular complexity index is 1380. The van der Waals surface area contributed by atoms with Crippen molar-refractivity contribution in [3.63, 3.8) is 0 Å². The van der Waals surface area contributed by atoms with Gasteiger partial charge in [-0.3, -0.25) is 4.79 Å². The third-order valence-corrected chi connectivity index (χ3v) is 6.35. The van der Waals surface area contributed by atoms with Crippen LogP contribution in [0.25, 0.3) is 22.5 Å². The maximum Gasteiger partial charge on any atom is 0.264 e. The van der Waals surface area contributed by atoms with Crippen LogP contribution in [0.1, 0.15) is 16.8 Å². The molecule has 0 aliphatic carbocycles. The van der Waals surface area contributed by atoms with Crippen molar-refractivity contribution in [1.82, 2.24) is 9.88 Å². The second-order valence-corrected chi connectivity index (χ2v) is 8.62. The highest BCUT2D eigenvalue weighted by Crippen LogP contribution is 2.29. The second kappa shape index (κ2) is 7.93. The van der Waals surface area contributed by atoms with Crippen molar-refractivity contribution in [3.8, 4) is 5.69 Å². The van der Waals surface area contributed by atoms with Gasteiger partial charge in [-0.15, -0.1) is 0 Å². The molecule has 1 aliphatic rings. The average Bonchev–Trinajstić information content (AvgIpc) is 3.37. The van der Waals surface area contributed by atoms with E-state index in [0.717, 1.165) is 17.1 Å². The van der Waals surface area contributed by atoms with E-state index in [9.17, 15) is 4.79 Å². The summed E-state index contributed by atoms with van der Waals surface area (Å²) in [5.41, 5.74) is 5.25. The van der Waals surface area contributed by atoms with Crippen LogP contribution < -0.4 is 5.32 Å². The van der Waals surface area contributed by atoms with Crippen LogP contribution in [0.4, 0.5) is 5.69 Å². The predicted octanol–water partition coefficient (Wildman–Crippen LogP) is 6.14. The Hall–Kier alpha value is -3.57. The molecule has 0 unspecified atom stereocenters. The summed E-state index contributed by atoms with van der Waals surface area (Å²) < 4.78 is 2.09. The molecule has 0 spiro atoms. The largest absolute Gasteiger partial charge is 0.317 e. The number of aryl methyl sites for hydroxylation is 2. The molecule has 5 heteroatoms. The monoisotopic (exact) mass is 423 g/mol. The minimum atomic E-state index is -0.126. The quantitative estimate of drug-likeness (QED) is 0.402. The SMILES string of the molecule is Cc1ccc(N=C2NC(=O)/C(=C/c3cccn3-c3ccc4ccccc4c3)S2)cc1C. The van der Waals surface area contributed by atoms with Gasteiger partial charge in [0, 0.05) is 17.6 Å². The molecule has 1 aliphatic heterocycles. The number of amidine groups is 1. The number of carbonyl (C=O) groups excluding carboxylic acids is 1. The van der Waals surface area contributed by atoms with E-state index in [1.807, 2.05) is 54.7 Å². The van der Waals surface area contributed by atoms with Gasteiger partial charge in [0.1, 0.15) is 0 Å². The third-order valence-electron chi connectivity index (χ3n) is 5.44. The lowest BCUT2D eigenvalue weighted by Gasteiger charge is -2.08. The summed E-state index contributed by atoms with van der Waals surface area (Å²) in [5, 5.41) is 5.87. The zero-order valence-corrected chi connectivity index (χ0v) is 18.1. The molecule has 1 fully saturated rings. The van der Waals surface area contributed by atoms with Crippen molar-refractivity contribution >= 4 is 45.4 Å². The first-order valence-electron chi connectivity index (χ1n) is 10.1. The summed E-state index contributed by atoms with van der Waals surface area (Å²) >= 11 is 1.37. The first-order valence-corrected chi connectivity index (χ1v) is 10.9. The Morgan fingerprint density at radius 2 is 1.74 bits per heavy atom. The van der Waals surface area contributed by atoms with Gasteiger partial charge < -0.3 is 9.88 Å². The van der Waals surface area contributed by atoms with Crippen LogP contribution in [-0.2, 0) is 4.79 Å². The second-order valence-electron chi connectivity index (χ2n) is 7.58. The Labute approximate surface area is 185 Å². The van der Waals surface area contributed by atoms with E-state index in [1.54, 1.807) is 0 Å². The smallest absolute Gasteiger partial charge is 0.264 e. The summed E-state index contributed by atoms with van der Waals surface area (Å²) in [6, 6.07) is 24.7. The number of rotatable bonds is 3. The molecule has 1 saturated heterocycles. The third kappa shape index (κ3) is 3.92. The van der Waals surface area contributed by atoms with Crippen molar-refractivity contribution in [2.24, 2.45) is 4.99 Å². The first-order chi connectivity index (χ1) is 15.1. The highest BCUT2D eigenvalue weighted by atomic mass is 32.2. The number of thioether (sulfide) groups is 1. The standard InChI is InChI=1S/C26H21N3OS/c1-17-9-11-21(14-18(17)2)27-26-28-25(30)24(31-26)16-22-8-5-13-29(22)23-12-10-19-6-3-4-7-20(19)15-23/h3-16H,1-2H3,(H,27,28,30)/b24-16-. The fourth-order valence-corrected chi connectivity index (χ4v) is 4.43. The van der Waals surface area contributed by atoms with E-state index in [1.165, 1.54) is 33.7 Å². The van der Waals surface area contributed by atoms with Crippen molar-refractivity contribution in [2.45, 2.75) is 13.8 Å². The van der Waals surface area contributed by atoms with Gasteiger partial charge in [0.25, 0.3) is 5.91 Å². The lowest BCUT2D eigenvalue weighted by atomic mass is 10.1. The normalized spacial score (nSPS) is 16.4. The number of nitrogens with one attached hydrogen (secondary N) is 1. The molecule has 3 aromatic carbocycles. The minimum Gasteiger partial charge on any atom is -0.317 e. The van der Waals surface area contributed by atoms with E-state index in [2.05, 4.69) is 59.1 Å². The minimum absolute atomic E-state index is 0.126. The summed E-state index contributed by atoms with van der Waals surface area (Å²) in [6.07, 6.45) is 3.93.